The lowest BCUT2D eigenvalue weighted by Gasteiger charge is -2.28. The molecule has 3 aromatic rings. The van der Waals surface area contributed by atoms with E-state index in [2.05, 4.69) is 10.4 Å². The molecule has 0 atom stereocenters. The second-order valence-corrected chi connectivity index (χ2v) is 6.87. The van der Waals surface area contributed by atoms with Crippen LogP contribution in [0.3, 0.4) is 0 Å². The quantitative estimate of drug-likeness (QED) is 0.491. The van der Waals surface area contributed by atoms with Gasteiger partial charge < -0.3 is 16.0 Å². The molecule has 1 aliphatic rings. The highest BCUT2D eigenvalue weighted by Crippen LogP contribution is 2.29. The van der Waals surface area contributed by atoms with Gasteiger partial charge in [-0.25, -0.2) is 22.4 Å². The molecule has 2 heterocycles. The molecule has 1 aliphatic heterocycles. The van der Waals surface area contributed by atoms with Gasteiger partial charge >= 0.3 is 6.03 Å². The number of nitrogens with two attached hydrogens (primary N) is 1. The van der Waals surface area contributed by atoms with Crippen molar-refractivity contribution in [2.24, 2.45) is 5.73 Å². The van der Waals surface area contributed by atoms with Crippen molar-refractivity contribution in [1.29, 1.82) is 0 Å². The van der Waals surface area contributed by atoms with Crippen molar-refractivity contribution in [3.05, 3.63) is 70.9 Å². The Morgan fingerprint density at radius 1 is 1.03 bits per heavy atom. The summed E-state index contributed by atoms with van der Waals surface area (Å²) in [6, 6.07) is 6.09. The van der Waals surface area contributed by atoms with E-state index in [0.29, 0.717) is 23.4 Å². The summed E-state index contributed by atoms with van der Waals surface area (Å²) in [5.41, 5.74) is 6.18. The highest BCUT2D eigenvalue weighted by molar-refractivity contribution is 6.00. The first-order valence-electron chi connectivity index (χ1n) is 9.10. The molecule has 4 rings (SSSR count). The number of halogens is 4. The molecule has 7 nitrogen and oxygen atoms in total. The highest BCUT2D eigenvalue weighted by Gasteiger charge is 2.30. The predicted octanol–water partition coefficient (Wildman–Crippen LogP) is 3.25. The number of nitrogens with one attached hydrogen (secondary N) is 1. The fraction of sp³-hybridized carbons (Fsp3) is 0.150. The number of carbonyl (C=O) groups excluding carboxylic acids is 2. The van der Waals surface area contributed by atoms with Crippen LogP contribution in [0.5, 0.6) is 0 Å². The molecule has 3 N–H and O–H groups in total. The largest absolute Gasteiger partial charge is 0.365 e. The van der Waals surface area contributed by atoms with Crippen LogP contribution in [-0.2, 0) is 13.1 Å². The van der Waals surface area contributed by atoms with Gasteiger partial charge in [0.1, 0.15) is 11.5 Å². The van der Waals surface area contributed by atoms with Crippen molar-refractivity contribution in [2.75, 3.05) is 11.9 Å². The molecule has 31 heavy (non-hydrogen) atoms. The smallest absolute Gasteiger partial charge is 0.322 e. The molecule has 1 aromatic heterocycles. The molecule has 0 bridgehead atoms. The number of primary amides is 1. The molecule has 11 heteroatoms. The SMILES string of the molecule is NC(=O)c1c(-c2cccc(F)c2)nn2c1CN(C(=O)Nc1cc(F)c(F)c(F)c1)CC2. The van der Waals surface area contributed by atoms with Crippen LogP contribution >= 0.6 is 0 Å². The lowest BCUT2D eigenvalue weighted by Crippen LogP contribution is -2.41. The third-order valence-corrected chi connectivity index (χ3v) is 4.85. The van der Waals surface area contributed by atoms with Gasteiger partial charge in [0.25, 0.3) is 5.91 Å². The summed E-state index contributed by atoms with van der Waals surface area (Å²) in [4.78, 5) is 26.0. The molecule has 2 aromatic carbocycles. The minimum Gasteiger partial charge on any atom is -0.365 e. The van der Waals surface area contributed by atoms with Crippen molar-refractivity contribution < 1.29 is 27.2 Å². The van der Waals surface area contributed by atoms with Crippen molar-refractivity contribution in [3.8, 4) is 11.3 Å². The van der Waals surface area contributed by atoms with E-state index in [0.717, 1.165) is 0 Å². The average molecular weight is 433 g/mol. The summed E-state index contributed by atoms with van der Waals surface area (Å²) >= 11 is 0. The van der Waals surface area contributed by atoms with E-state index in [9.17, 15) is 27.2 Å². The molecular formula is C20H15F4N5O2. The maximum absolute atomic E-state index is 13.6. The van der Waals surface area contributed by atoms with Crippen molar-refractivity contribution >= 4 is 17.6 Å². The Balaban J connectivity index is 1.62. The van der Waals surface area contributed by atoms with E-state index in [1.54, 1.807) is 6.07 Å². The Morgan fingerprint density at radius 2 is 1.74 bits per heavy atom. The van der Waals surface area contributed by atoms with Crippen molar-refractivity contribution in [2.45, 2.75) is 13.1 Å². The van der Waals surface area contributed by atoms with Gasteiger partial charge in [-0.1, -0.05) is 12.1 Å². The number of amides is 3. The average Bonchev–Trinajstić information content (AvgIpc) is 3.11. The summed E-state index contributed by atoms with van der Waals surface area (Å²) in [5.74, 6) is -5.84. The third kappa shape index (κ3) is 3.81. The Morgan fingerprint density at radius 3 is 2.39 bits per heavy atom. The number of aromatic nitrogens is 2. The Labute approximate surface area is 173 Å². The Kier molecular flexibility index (Phi) is 5.09. The zero-order valence-corrected chi connectivity index (χ0v) is 15.8. The lowest BCUT2D eigenvalue weighted by molar-refractivity contribution is 0.0997. The van der Waals surface area contributed by atoms with Crippen LogP contribution < -0.4 is 11.1 Å². The van der Waals surface area contributed by atoms with E-state index >= 15 is 0 Å². The van der Waals surface area contributed by atoms with E-state index in [1.807, 2.05) is 0 Å². The molecule has 0 fully saturated rings. The summed E-state index contributed by atoms with van der Waals surface area (Å²) in [6.45, 7) is 0.274. The zero-order chi connectivity index (χ0) is 22.3. The Hall–Kier alpha value is -3.89. The minimum absolute atomic E-state index is 0.0435. The van der Waals surface area contributed by atoms with Gasteiger partial charge in [0.15, 0.2) is 17.5 Å². The number of urea groups is 1. The second kappa shape index (κ2) is 7.74. The normalized spacial score (nSPS) is 13.1. The van der Waals surface area contributed by atoms with Gasteiger partial charge in [-0.3, -0.25) is 9.48 Å². The van der Waals surface area contributed by atoms with E-state index in [4.69, 9.17) is 5.73 Å². The number of nitrogens with zero attached hydrogens (tertiary/aromatic N) is 3. The first-order chi connectivity index (χ1) is 14.7. The van der Waals surface area contributed by atoms with E-state index in [1.165, 1.54) is 27.8 Å². The highest BCUT2D eigenvalue weighted by atomic mass is 19.2. The van der Waals surface area contributed by atoms with Crippen molar-refractivity contribution in [1.82, 2.24) is 14.7 Å². The number of benzene rings is 2. The van der Waals surface area contributed by atoms with Crippen LogP contribution in [0.15, 0.2) is 36.4 Å². The summed E-state index contributed by atoms with van der Waals surface area (Å²) < 4.78 is 55.0. The number of hydrogen-bond donors (Lipinski definition) is 2. The van der Waals surface area contributed by atoms with Gasteiger partial charge in [0.2, 0.25) is 0 Å². The molecule has 3 amide bonds. The lowest BCUT2D eigenvalue weighted by atomic mass is 10.0. The van der Waals surface area contributed by atoms with Crippen LogP contribution in [0.2, 0.25) is 0 Å². The molecule has 0 saturated carbocycles. The monoisotopic (exact) mass is 433 g/mol. The molecule has 0 unspecified atom stereocenters. The van der Waals surface area contributed by atoms with Crippen LogP contribution in [0.4, 0.5) is 28.0 Å². The molecule has 160 valence electrons. The Bertz CT molecular complexity index is 1190. The topological polar surface area (TPSA) is 93.2 Å². The predicted molar refractivity (Wildman–Crippen MR) is 102 cm³/mol. The first kappa shape index (κ1) is 20.4. The summed E-state index contributed by atoms with van der Waals surface area (Å²) in [7, 11) is 0. The molecule has 0 aliphatic carbocycles. The molecule has 0 saturated heterocycles. The van der Waals surface area contributed by atoms with Gasteiger partial charge in [0, 0.05) is 29.9 Å². The summed E-state index contributed by atoms with van der Waals surface area (Å²) in [6.07, 6.45) is 0. The second-order valence-electron chi connectivity index (χ2n) is 6.87. The fourth-order valence-electron chi connectivity index (χ4n) is 3.42. The zero-order valence-electron chi connectivity index (χ0n) is 15.8. The fourth-order valence-corrected chi connectivity index (χ4v) is 3.42. The maximum Gasteiger partial charge on any atom is 0.322 e. The van der Waals surface area contributed by atoms with Crippen LogP contribution in [0, 0.1) is 23.3 Å². The minimum atomic E-state index is -1.64. The van der Waals surface area contributed by atoms with Crippen LogP contribution in [-0.4, -0.2) is 33.2 Å². The van der Waals surface area contributed by atoms with Gasteiger partial charge in [-0.05, 0) is 12.1 Å². The number of carbonyl (C=O) groups is 2. The third-order valence-electron chi connectivity index (χ3n) is 4.85. The molecule has 0 radical (unpaired) electrons. The van der Waals surface area contributed by atoms with Gasteiger partial charge in [-0.2, -0.15) is 5.10 Å². The van der Waals surface area contributed by atoms with E-state index < -0.39 is 35.2 Å². The number of anilines is 1. The standard InChI is InChI=1S/C20H15F4N5O2/c21-11-3-1-2-10(6-11)18-16(19(25)30)15-9-28(4-5-29(15)27-18)20(31)26-12-7-13(22)17(24)14(23)8-12/h1-3,6-8H,4-5,9H2,(H2,25,30)(H,26,31). The molecular weight excluding hydrogens is 418 g/mol. The maximum atomic E-state index is 13.6. The number of hydrogen-bond acceptors (Lipinski definition) is 3. The molecule has 0 spiro atoms. The van der Waals surface area contributed by atoms with Crippen molar-refractivity contribution in [3.63, 3.8) is 0 Å². The first-order valence-corrected chi connectivity index (χ1v) is 9.10. The van der Waals surface area contributed by atoms with E-state index in [-0.39, 0.29) is 36.6 Å². The van der Waals surface area contributed by atoms with Crippen LogP contribution in [0.25, 0.3) is 11.3 Å². The van der Waals surface area contributed by atoms with Gasteiger partial charge in [-0.15, -0.1) is 0 Å². The summed E-state index contributed by atoms with van der Waals surface area (Å²) in [5, 5.41) is 6.63. The van der Waals surface area contributed by atoms with Gasteiger partial charge in [0.05, 0.1) is 24.3 Å². The van der Waals surface area contributed by atoms with Crippen LogP contribution in [0.1, 0.15) is 16.1 Å². The number of rotatable bonds is 3. The number of fused-ring (bicyclic) bond motifs is 1.